The van der Waals surface area contributed by atoms with Crippen molar-refractivity contribution in [3.63, 3.8) is 0 Å². The molecule has 5 nitrogen and oxygen atoms in total. The highest BCUT2D eigenvalue weighted by Crippen LogP contribution is 2.10. The highest BCUT2D eigenvalue weighted by Gasteiger charge is 2.29. The largest absolute Gasteiger partial charge is 0.479 e. The van der Waals surface area contributed by atoms with E-state index in [0.29, 0.717) is 6.61 Å². The van der Waals surface area contributed by atoms with E-state index >= 15 is 0 Å². The Labute approximate surface area is 122 Å². The first-order chi connectivity index (χ1) is 9.50. The molecule has 0 aliphatic heterocycles. The Morgan fingerprint density at radius 2 is 1.45 bits per heavy atom. The molecule has 0 radical (unpaired) electrons. The number of unbranched alkanes of at least 4 members (excludes halogenated alkanes) is 5. The number of carboxylic acids is 1. The Morgan fingerprint density at radius 3 is 1.95 bits per heavy atom. The lowest BCUT2D eigenvalue weighted by atomic mass is 10.0. The van der Waals surface area contributed by atoms with Gasteiger partial charge in [0.1, 0.15) is 0 Å². The predicted molar refractivity (Wildman–Crippen MR) is 77.9 cm³/mol. The van der Waals surface area contributed by atoms with E-state index in [2.05, 4.69) is 0 Å². The maximum atomic E-state index is 10.6. The zero-order valence-electron chi connectivity index (χ0n) is 12.9. The van der Waals surface area contributed by atoms with E-state index in [-0.39, 0.29) is 13.0 Å². The molecular formula is C15H30O5. The van der Waals surface area contributed by atoms with Gasteiger partial charge in [-0.25, -0.2) is 4.79 Å². The second-order valence-electron chi connectivity index (χ2n) is 5.26. The van der Waals surface area contributed by atoms with Gasteiger partial charge < -0.3 is 19.7 Å². The zero-order valence-corrected chi connectivity index (χ0v) is 12.9. The van der Waals surface area contributed by atoms with Crippen molar-refractivity contribution in [2.75, 3.05) is 26.4 Å². The molecule has 1 unspecified atom stereocenters. The second kappa shape index (κ2) is 12.1. The first-order valence-electron chi connectivity index (χ1n) is 7.62. The molecule has 0 bridgehead atoms. The average Bonchev–Trinajstić information content (AvgIpc) is 2.39. The number of carbonyl (C=O) groups is 1. The van der Waals surface area contributed by atoms with Crippen molar-refractivity contribution in [1.82, 2.24) is 0 Å². The molecule has 2 N–H and O–H groups in total. The van der Waals surface area contributed by atoms with Crippen molar-refractivity contribution >= 4 is 5.97 Å². The summed E-state index contributed by atoms with van der Waals surface area (Å²) in [6.07, 6.45) is 7.00. The van der Waals surface area contributed by atoms with E-state index in [1.807, 2.05) is 6.92 Å². The van der Waals surface area contributed by atoms with Gasteiger partial charge in [-0.3, -0.25) is 0 Å². The van der Waals surface area contributed by atoms with Crippen LogP contribution in [0.4, 0.5) is 0 Å². The number of hydrogen-bond donors (Lipinski definition) is 2. The Hall–Kier alpha value is -0.650. The van der Waals surface area contributed by atoms with Crippen LogP contribution in [0.15, 0.2) is 0 Å². The monoisotopic (exact) mass is 290 g/mol. The number of aliphatic hydroxyl groups is 1. The van der Waals surface area contributed by atoms with Crippen LogP contribution in [-0.4, -0.2) is 48.2 Å². The number of carboxylic acid groups (broad SMARTS) is 1. The highest BCUT2D eigenvalue weighted by molar-refractivity contribution is 5.76. The van der Waals surface area contributed by atoms with Crippen LogP contribution < -0.4 is 0 Å². The Balaban J connectivity index is 3.19. The van der Waals surface area contributed by atoms with Crippen LogP contribution >= 0.6 is 0 Å². The SMILES string of the molecule is CCOCCCCCCCCOCCC(C)(O)C(=O)O. The van der Waals surface area contributed by atoms with Crippen molar-refractivity contribution in [2.24, 2.45) is 0 Å². The van der Waals surface area contributed by atoms with Gasteiger partial charge in [0, 0.05) is 32.8 Å². The Bertz CT molecular complexity index is 240. The molecule has 0 aliphatic carbocycles. The summed E-state index contributed by atoms with van der Waals surface area (Å²) in [6, 6.07) is 0. The van der Waals surface area contributed by atoms with Crippen LogP contribution in [0, 0.1) is 0 Å². The molecule has 1 atom stereocenters. The summed E-state index contributed by atoms with van der Waals surface area (Å²) in [5, 5.41) is 18.2. The van der Waals surface area contributed by atoms with Gasteiger partial charge in [0.2, 0.25) is 0 Å². The van der Waals surface area contributed by atoms with E-state index in [1.165, 1.54) is 26.2 Å². The summed E-state index contributed by atoms with van der Waals surface area (Å²) < 4.78 is 10.6. The lowest BCUT2D eigenvalue weighted by Gasteiger charge is -2.17. The molecule has 0 aromatic rings. The first-order valence-corrected chi connectivity index (χ1v) is 7.62. The minimum atomic E-state index is -1.68. The molecule has 0 aromatic heterocycles. The standard InChI is InChI=1S/C15H30O5/c1-3-19-11-8-6-4-5-7-9-12-20-13-10-15(2,18)14(16)17/h18H,3-13H2,1-2H3,(H,16,17). The summed E-state index contributed by atoms with van der Waals surface area (Å²) in [7, 11) is 0. The van der Waals surface area contributed by atoms with Crippen molar-refractivity contribution < 1.29 is 24.5 Å². The molecular weight excluding hydrogens is 260 g/mol. The molecule has 5 heteroatoms. The second-order valence-corrected chi connectivity index (χ2v) is 5.26. The van der Waals surface area contributed by atoms with Gasteiger partial charge in [0.25, 0.3) is 0 Å². The van der Waals surface area contributed by atoms with Crippen LogP contribution in [0.3, 0.4) is 0 Å². The Kier molecular flexibility index (Phi) is 11.7. The normalized spacial score (nSPS) is 14.2. The molecule has 120 valence electrons. The lowest BCUT2D eigenvalue weighted by Crippen LogP contribution is -2.36. The van der Waals surface area contributed by atoms with E-state index in [4.69, 9.17) is 14.6 Å². The van der Waals surface area contributed by atoms with Gasteiger partial charge in [-0.15, -0.1) is 0 Å². The minimum Gasteiger partial charge on any atom is -0.479 e. The number of rotatable bonds is 14. The zero-order chi connectivity index (χ0) is 15.3. The average molecular weight is 290 g/mol. The Morgan fingerprint density at radius 1 is 0.950 bits per heavy atom. The number of hydrogen-bond acceptors (Lipinski definition) is 4. The van der Waals surface area contributed by atoms with Crippen molar-refractivity contribution in [3.8, 4) is 0 Å². The van der Waals surface area contributed by atoms with Gasteiger partial charge in [0.15, 0.2) is 5.60 Å². The molecule has 0 spiro atoms. The summed E-state index contributed by atoms with van der Waals surface area (Å²) in [5.41, 5.74) is -1.68. The summed E-state index contributed by atoms with van der Waals surface area (Å²) in [4.78, 5) is 10.6. The minimum absolute atomic E-state index is 0.125. The highest BCUT2D eigenvalue weighted by atomic mass is 16.5. The van der Waals surface area contributed by atoms with Crippen LogP contribution in [0.5, 0.6) is 0 Å². The predicted octanol–water partition coefficient (Wildman–Crippen LogP) is 2.61. The summed E-state index contributed by atoms with van der Waals surface area (Å²) in [6.45, 7) is 5.88. The molecule has 0 aromatic carbocycles. The van der Waals surface area contributed by atoms with E-state index in [1.54, 1.807) is 0 Å². The van der Waals surface area contributed by atoms with Crippen LogP contribution in [-0.2, 0) is 14.3 Å². The van der Waals surface area contributed by atoms with E-state index in [0.717, 1.165) is 32.5 Å². The van der Waals surface area contributed by atoms with Crippen molar-refractivity contribution in [1.29, 1.82) is 0 Å². The topological polar surface area (TPSA) is 76.0 Å². The fourth-order valence-corrected chi connectivity index (χ4v) is 1.74. The van der Waals surface area contributed by atoms with Crippen LogP contribution in [0.1, 0.15) is 58.8 Å². The molecule has 0 saturated heterocycles. The fraction of sp³-hybridized carbons (Fsp3) is 0.933. The fourth-order valence-electron chi connectivity index (χ4n) is 1.74. The van der Waals surface area contributed by atoms with Gasteiger partial charge in [-0.2, -0.15) is 0 Å². The van der Waals surface area contributed by atoms with Crippen LogP contribution in [0.2, 0.25) is 0 Å². The van der Waals surface area contributed by atoms with Crippen molar-refractivity contribution in [3.05, 3.63) is 0 Å². The maximum absolute atomic E-state index is 10.6. The third-order valence-corrected chi connectivity index (χ3v) is 3.23. The first kappa shape index (κ1) is 19.4. The van der Waals surface area contributed by atoms with E-state index in [9.17, 15) is 9.90 Å². The van der Waals surface area contributed by atoms with Gasteiger partial charge in [-0.05, 0) is 26.7 Å². The van der Waals surface area contributed by atoms with E-state index < -0.39 is 11.6 Å². The quantitative estimate of drug-likeness (QED) is 0.481. The molecule has 0 fully saturated rings. The smallest absolute Gasteiger partial charge is 0.335 e. The third-order valence-electron chi connectivity index (χ3n) is 3.23. The van der Waals surface area contributed by atoms with Crippen LogP contribution in [0.25, 0.3) is 0 Å². The molecule has 0 saturated carbocycles. The van der Waals surface area contributed by atoms with Gasteiger partial charge in [-0.1, -0.05) is 25.7 Å². The third kappa shape index (κ3) is 11.2. The molecule has 0 aliphatic rings. The summed E-state index contributed by atoms with van der Waals surface area (Å²) in [5.74, 6) is -1.20. The van der Waals surface area contributed by atoms with Gasteiger partial charge >= 0.3 is 5.97 Å². The van der Waals surface area contributed by atoms with Crippen molar-refractivity contribution in [2.45, 2.75) is 64.4 Å². The maximum Gasteiger partial charge on any atom is 0.335 e. The number of ether oxygens (including phenoxy) is 2. The lowest BCUT2D eigenvalue weighted by molar-refractivity contribution is -0.158. The molecule has 0 amide bonds. The molecule has 20 heavy (non-hydrogen) atoms. The summed E-state index contributed by atoms with van der Waals surface area (Å²) >= 11 is 0. The molecule has 0 rings (SSSR count). The number of aliphatic carboxylic acids is 1. The molecule has 0 heterocycles. The van der Waals surface area contributed by atoms with Gasteiger partial charge in [0.05, 0.1) is 0 Å².